The van der Waals surface area contributed by atoms with Crippen LogP contribution < -0.4 is 33.2 Å². The number of amides is 4. The molecule has 4 amide bonds. The van der Waals surface area contributed by atoms with E-state index in [0.717, 1.165) is 38.5 Å². The molecule has 14 heteroatoms. The lowest BCUT2D eigenvalue weighted by atomic mass is 9.87. The molecule has 0 aromatic rings. The Morgan fingerprint density at radius 2 is 1.03 bits per heavy atom. The molecule has 32 heavy (non-hydrogen) atoms. The maximum atomic E-state index is 12.7. The van der Waals surface area contributed by atoms with Gasteiger partial charge in [0.15, 0.2) is 21.6 Å². The third-order valence-corrected chi connectivity index (χ3v) is 6.82. The lowest BCUT2D eigenvalue weighted by Crippen LogP contribution is -2.62. The quantitative estimate of drug-likeness (QED) is 0.114. The summed E-state index contributed by atoms with van der Waals surface area (Å²) in [5.41, 5.74) is 2.27. The molecule has 0 aromatic carbocycles. The van der Waals surface area contributed by atoms with Gasteiger partial charge >= 0.3 is 12.1 Å². The third kappa shape index (κ3) is 5.42. The highest BCUT2D eigenvalue weighted by Crippen LogP contribution is 2.40. The number of carbonyl (C=O) groups is 2. The number of hydrogen-bond acceptors (Lipinski definition) is 8. The molecule has 180 valence electrons. The van der Waals surface area contributed by atoms with Gasteiger partial charge in [-0.05, 0) is 75.8 Å². The smallest absolute Gasteiger partial charge is 0.339 e. The zero-order valence-corrected chi connectivity index (χ0v) is 20.3. The van der Waals surface area contributed by atoms with E-state index in [1.807, 2.05) is 0 Å². The van der Waals surface area contributed by atoms with Gasteiger partial charge < -0.3 is 10.6 Å². The van der Waals surface area contributed by atoms with Crippen molar-refractivity contribution in [3.8, 4) is 0 Å². The van der Waals surface area contributed by atoms with Crippen molar-refractivity contribution >= 4 is 46.7 Å². The van der Waals surface area contributed by atoms with E-state index in [2.05, 4.69) is 21.5 Å². The lowest BCUT2D eigenvalue weighted by Gasteiger charge is -2.45. The fraction of sp³-hybridized carbons (Fsp3) is 0.778. The topological polar surface area (TPSA) is 166 Å². The second kappa shape index (κ2) is 11.6. The number of urea groups is 2. The van der Waals surface area contributed by atoms with E-state index >= 15 is 0 Å². The van der Waals surface area contributed by atoms with Gasteiger partial charge in [-0.3, -0.25) is 10.9 Å². The fourth-order valence-corrected chi connectivity index (χ4v) is 4.96. The van der Waals surface area contributed by atoms with Crippen LogP contribution in [0.25, 0.3) is 0 Å². The van der Waals surface area contributed by atoms with Crippen molar-refractivity contribution in [3.63, 3.8) is 0 Å². The Morgan fingerprint density at radius 1 is 0.719 bits per heavy atom. The molecule has 8 N–H and O–H groups in total. The first-order chi connectivity index (χ1) is 15.3. The average molecular weight is 487 g/mol. The standard InChI is InChI=1S/C18H34N10O2S2/c1-21-15(31)27(13(29)23-19)17(9-5-3-6-10-17)25-26-18(11-7-4-8-12-18)28(14(30)24-20)16(32)22-2/h3-12,19-20H2,1-2H3,(H,21,31)(H,22,32)(H,23,29)(H,24,30). The first kappa shape index (κ1) is 26.1. The third-order valence-electron chi connectivity index (χ3n) is 6.05. The normalized spacial score (nSPS) is 19.5. The molecule has 0 spiro atoms. The molecule has 0 aromatic heterocycles. The molecule has 12 nitrogen and oxygen atoms in total. The molecule has 0 unspecified atom stereocenters. The molecule has 0 heterocycles. The van der Waals surface area contributed by atoms with Crippen LogP contribution in [0.5, 0.6) is 0 Å². The zero-order valence-electron chi connectivity index (χ0n) is 18.6. The molecule has 0 saturated heterocycles. The minimum atomic E-state index is -1.03. The largest absolute Gasteiger partial charge is 0.365 e. The summed E-state index contributed by atoms with van der Waals surface area (Å²) in [7, 11) is 3.27. The van der Waals surface area contributed by atoms with Crippen molar-refractivity contribution in [3.05, 3.63) is 0 Å². The minimum Gasteiger partial charge on any atom is -0.365 e. The summed E-state index contributed by atoms with van der Waals surface area (Å²) in [4.78, 5) is 28.2. The average Bonchev–Trinajstić information content (AvgIpc) is 2.83. The van der Waals surface area contributed by atoms with Gasteiger partial charge in [0.25, 0.3) is 0 Å². The van der Waals surface area contributed by atoms with E-state index in [0.29, 0.717) is 25.7 Å². The zero-order chi connectivity index (χ0) is 23.8. The number of azo groups is 1. The van der Waals surface area contributed by atoms with Gasteiger partial charge in [-0.25, -0.2) is 31.1 Å². The highest BCUT2D eigenvalue weighted by atomic mass is 32.1. The van der Waals surface area contributed by atoms with Crippen LogP contribution in [-0.4, -0.2) is 57.5 Å². The molecule has 2 saturated carbocycles. The number of thiocarbonyl (C=S) groups is 2. The summed E-state index contributed by atoms with van der Waals surface area (Å²) in [6.07, 6.45) is 7.62. The van der Waals surface area contributed by atoms with Crippen LogP contribution in [0.1, 0.15) is 64.2 Å². The second-order valence-electron chi connectivity index (χ2n) is 7.97. The molecule has 0 atom stereocenters. The monoisotopic (exact) mass is 486 g/mol. The van der Waals surface area contributed by atoms with Gasteiger partial charge in [-0.2, -0.15) is 10.2 Å². The highest BCUT2D eigenvalue weighted by molar-refractivity contribution is 7.80. The molecular weight excluding hydrogens is 452 g/mol. The molecule has 2 aliphatic carbocycles. The van der Waals surface area contributed by atoms with Gasteiger partial charge in [0.2, 0.25) is 0 Å². The molecule has 0 aliphatic heterocycles. The van der Waals surface area contributed by atoms with Crippen LogP contribution >= 0.6 is 24.4 Å². The van der Waals surface area contributed by atoms with Gasteiger partial charge in [0, 0.05) is 14.1 Å². The van der Waals surface area contributed by atoms with E-state index < -0.39 is 23.4 Å². The Bertz CT molecular complexity index is 643. The predicted octanol–water partition coefficient (Wildman–Crippen LogP) is 1.54. The molecule has 0 bridgehead atoms. The summed E-state index contributed by atoms with van der Waals surface area (Å²) in [6, 6.07) is -1.16. The minimum absolute atomic E-state index is 0.189. The number of nitrogens with one attached hydrogen (secondary N) is 4. The van der Waals surface area contributed by atoms with Crippen molar-refractivity contribution in [2.45, 2.75) is 75.5 Å². The second-order valence-corrected chi connectivity index (χ2v) is 8.74. The Kier molecular flexibility index (Phi) is 9.48. The van der Waals surface area contributed by atoms with Crippen LogP contribution in [0.15, 0.2) is 10.2 Å². The summed E-state index contributed by atoms with van der Waals surface area (Å²) >= 11 is 10.8. The van der Waals surface area contributed by atoms with Crippen molar-refractivity contribution in [2.75, 3.05) is 14.1 Å². The number of nitrogens with two attached hydrogens (primary N) is 2. The van der Waals surface area contributed by atoms with E-state index in [1.165, 1.54) is 9.80 Å². The Labute approximate surface area is 199 Å². The van der Waals surface area contributed by atoms with Crippen molar-refractivity contribution < 1.29 is 9.59 Å². The van der Waals surface area contributed by atoms with Gasteiger partial charge in [0.1, 0.15) is 0 Å². The van der Waals surface area contributed by atoms with Crippen LogP contribution in [-0.2, 0) is 0 Å². The SMILES string of the molecule is CNC(=S)N(C(=O)NN)C1(N=NC2(N(C(=O)NN)C(=S)NC)CCCCC2)CCCCC1. The van der Waals surface area contributed by atoms with Gasteiger partial charge in [-0.15, -0.1) is 0 Å². The van der Waals surface area contributed by atoms with Crippen LogP contribution in [0.3, 0.4) is 0 Å². The summed E-state index contributed by atoms with van der Waals surface area (Å²) in [5, 5.41) is 15.6. The Hall–Kier alpha value is -2.16. The number of carbonyl (C=O) groups excluding carboxylic acids is 2. The number of hydrazine groups is 2. The maximum Gasteiger partial charge on any atom is 0.339 e. The Balaban J connectivity index is 2.59. The van der Waals surface area contributed by atoms with Crippen molar-refractivity contribution in [2.24, 2.45) is 21.9 Å². The summed E-state index contributed by atoms with van der Waals surface area (Å²) < 4.78 is 0. The van der Waals surface area contributed by atoms with Crippen LogP contribution in [0.2, 0.25) is 0 Å². The Morgan fingerprint density at radius 3 is 1.28 bits per heavy atom. The van der Waals surface area contributed by atoms with Crippen LogP contribution in [0.4, 0.5) is 9.59 Å². The van der Waals surface area contributed by atoms with E-state index in [4.69, 9.17) is 46.3 Å². The molecule has 2 fully saturated rings. The fourth-order valence-electron chi connectivity index (χ4n) is 4.45. The molecule has 2 rings (SSSR count). The molecule has 0 radical (unpaired) electrons. The first-order valence-corrected chi connectivity index (χ1v) is 11.6. The lowest BCUT2D eigenvalue weighted by molar-refractivity contribution is 0.0970. The number of rotatable bonds is 4. The van der Waals surface area contributed by atoms with E-state index in [1.54, 1.807) is 14.1 Å². The van der Waals surface area contributed by atoms with Crippen LogP contribution in [0, 0.1) is 0 Å². The summed E-state index contributed by atoms with van der Waals surface area (Å²) in [5.74, 6) is 10.9. The summed E-state index contributed by atoms with van der Waals surface area (Å²) in [6.45, 7) is 0. The highest BCUT2D eigenvalue weighted by Gasteiger charge is 2.47. The van der Waals surface area contributed by atoms with Gasteiger partial charge in [-0.1, -0.05) is 12.8 Å². The maximum absolute atomic E-state index is 12.7. The first-order valence-electron chi connectivity index (χ1n) is 10.8. The number of nitrogens with zero attached hydrogens (tertiary/aromatic N) is 4. The van der Waals surface area contributed by atoms with Crippen molar-refractivity contribution in [1.29, 1.82) is 0 Å². The predicted molar refractivity (Wildman–Crippen MR) is 129 cm³/mol. The molecule has 2 aliphatic rings. The molecular formula is C18H34N10O2S2. The van der Waals surface area contributed by atoms with Crippen molar-refractivity contribution in [1.82, 2.24) is 31.3 Å². The van der Waals surface area contributed by atoms with E-state index in [-0.39, 0.29) is 10.2 Å². The van der Waals surface area contributed by atoms with Gasteiger partial charge in [0.05, 0.1) is 0 Å². The van der Waals surface area contributed by atoms with E-state index in [9.17, 15) is 9.59 Å². The number of hydrogen-bond donors (Lipinski definition) is 6.